The Morgan fingerprint density at radius 2 is 2.22 bits per heavy atom. The molecule has 1 aliphatic heterocycles. The van der Waals surface area contributed by atoms with Crippen LogP contribution in [0.2, 0.25) is 0 Å². The van der Waals surface area contributed by atoms with Crippen LogP contribution in [0.1, 0.15) is 12.0 Å². The lowest BCUT2D eigenvalue weighted by atomic mass is 10.2. The van der Waals surface area contributed by atoms with Crippen molar-refractivity contribution >= 4 is 33.1 Å². The van der Waals surface area contributed by atoms with Crippen LogP contribution in [0.15, 0.2) is 41.0 Å². The zero-order chi connectivity index (χ0) is 16.4. The lowest BCUT2D eigenvalue weighted by Gasteiger charge is -2.20. The summed E-state index contributed by atoms with van der Waals surface area (Å²) in [5.74, 6) is 0.687. The quantitative estimate of drug-likeness (QED) is 0.649. The van der Waals surface area contributed by atoms with Crippen molar-refractivity contribution in [2.45, 2.75) is 19.4 Å². The molecule has 1 saturated heterocycles. The first-order valence-corrected chi connectivity index (χ1v) is 8.21. The van der Waals surface area contributed by atoms with E-state index in [1.54, 1.807) is 13.0 Å². The molecule has 6 nitrogen and oxygen atoms in total. The Balaban J connectivity index is 1.68. The summed E-state index contributed by atoms with van der Waals surface area (Å²) in [6.45, 7) is 3.57. The number of hydrogen-bond donors (Lipinski definition) is 1. The van der Waals surface area contributed by atoms with Crippen LogP contribution in [0.3, 0.4) is 0 Å². The van der Waals surface area contributed by atoms with Gasteiger partial charge in [0.25, 0.3) is 5.69 Å². The van der Waals surface area contributed by atoms with Crippen LogP contribution in [0, 0.1) is 17.0 Å². The fourth-order valence-electron chi connectivity index (χ4n) is 2.83. The molecule has 0 saturated carbocycles. The van der Waals surface area contributed by atoms with Gasteiger partial charge in [0.05, 0.1) is 10.6 Å². The van der Waals surface area contributed by atoms with Gasteiger partial charge in [-0.15, -0.1) is 0 Å². The monoisotopic (exact) mass is 376 g/mol. The largest absolute Gasteiger partial charge is 0.368 e. The van der Waals surface area contributed by atoms with E-state index in [2.05, 4.69) is 37.2 Å². The highest BCUT2D eigenvalue weighted by Crippen LogP contribution is 2.29. The Kier molecular flexibility index (Phi) is 4.47. The highest BCUT2D eigenvalue weighted by Gasteiger charge is 2.24. The van der Waals surface area contributed by atoms with Crippen LogP contribution in [-0.2, 0) is 0 Å². The molecular formula is C16H17BrN4O2. The molecule has 1 unspecified atom stereocenters. The number of hydrogen-bond acceptors (Lipinski definition) is 5. The van der Waals surface area contributed by atoms with Crippen molar-refractivity contribution < 1.29 is 4.92 Å². The summed E-state index contributed by atoms with van der Waals surface area (Å²) in [6, 6.07) is 10.2. The molecule has 1 atom stereocenters. The maximum atomic E-state index is 10.8. The summed E-state index contributed by atoms with van der Waals surface area (Å²) in [5.41, 5.74) is 1.86. The molecule has 7 heteroatoms. The second kappa shape index (κ2) is 6.54. The van der Waals surface area contributed by atoms with E-state index < -0.39 is 4.92 Å². The summed E-state index contributed by atoms with van der Waals surface area (Å²) < 4.78 is 1.09. The Morgan fingerprint density at radius 3 is 2.91 bits per heavy atom. The van der Waals surface area contributed by atoms with E-state index in [1.807, 2.05) is 18.2 Å². The van der Waals surface area contributed by atoms with Gasteiger partial charge in [0.2, 0.25) is 0 Å². The molecule has 2 aromatic rings. The van der Waals surface area contributed by atoms with Crippen molar-refractivity contribution in [2.75, 3.05) is 23.3 Å². The molecule has 1 aromatic carbocycles. The minimum atomic E-state index is -0.406. The maximum Gasteiger partial charge on any atom is 0.290 e. The third-order valence-electron chi connectivity index (χ3n) is 4.01. The Morgan fingerprint density at radius 1 is 1.43 bits per heavy atom. The highest BCUT2D eigenvalue weighted by molar-refractivity contribution is 9.10. The average Bonchev–Trinajstić information content (AvgIpc) is 2.95. The summed E-state index contributed by atoms with van der Waals surface area (Å²) in [4.78, 5) is 16.9. The lowest BCUT2D eigenvalue weighted by molar-refractivity contribution is -0.385. The average molecular weight is 377 g/mol. The first-order valence-electron chi connectivity index (χ1n) is 7.41. The van der Waals surface area contributed by atoms with Gasteiger partial charge in [-0.2, -0.15) is 0 Å². The van der Waals surface area contributed by atoms with Gasteiger partial charge in [-0.25, -0.2) is 4.98 Å². The normalized spacial score (nSPS) is 17.3. The molecular weight excluding hydrogens is 360 g/mol. The van der Waals surface area contributed by atoms with Crippen LogP contribution in [0.25, 0.3) is 0 Å². The van der Waals surface area contributed by atoms with Crippen molar-refractivity contribution in [1.29, 1.82) is 0 Å². The second-order valence-corrected chi connectivity index (χ2v) is 6.49. The molecule has 0 spiro atoms. The predicted octanol–water partition coefficient (Wildman–Crippen LogP) is 3.75. The standard InChI is InChI=1S/C16H17BrN4O2/c1-11-8-16(18-9-15(11)21(22)23)19-12-6-7-20(10-12)14-5-3-2-4-13(14)17/h2-5,8-9,12H,6-7,10H2,1H3,(H,18,19). The molecule has 1 N–H and O–H groups in total. The number of nitro groups is 1. The van der Waals surface area contributed by atoms with E-state index in [0.717, 1.165) is 24.0 Å². The highest BCUT2D eigenvalue weighted by atomic mass is 79.9. The first-order chi connectivity index (χ1) is 11.0. The molecule has 2 heterocycles. The van der Waals surface area contributed by atoms with Crippen molar-refractivity contribution in [2.24, 2.45) is 0 Å². The van der Waals surface area contributed by atoms with Gasteiger partial charge in [-0.3, -0.25) is 10.1 Å². The van der Waals surface area contributed by atoms with Gasteiger partial charge in [0, 0.05) is 29.2 Å². The van der Waals surface area contributed by atoms with E-state index >= 15 is 0 Å². The SMILES string of the molecule is Cc1cc(NC2CCN(c3ccccc3Br)C2)ncc1[N+](=O)[O-]. The third-order valence-corrected chi connectivity index (χ3v) is 4.68. The van der Waals surface area contributed by atoms with Crippen molar-refractivity contribution in [3.8, 4) is 0 Å². The number of nitrogens with one attached hydrogen (secondary N) is 1. The first kappa shape index (κ1) is 15.7. The number of rotatable bonds is 4. The smallest absolute Gasteiger partial charge is 0.290 e. The Labute approximate surface area is 142 Å². The number of halogens is 1. The number of aromatic nitrogens is 1. The van der Waals surface area contributed by atoms with Crippen LogP contribution < -0.4 is 10.2 Å². The van der Waals surface area contributed by atoms with Gasteiger partial charge in [-0.05, 0) is 47.5 Å². The third kappa shape index (κ3) is 3.44. The number of pyridine rings is 1. The van der Waals surface area contributed by atoms with E-state index in [0.29, 0.717) is 11.4 Å². The fourth-order valence-corrected chi connectivity index (χ4v) is 3.37. The fraction of sp³-hybridized carbons (Fsp3) is 0.312. The zero-order valence-electron chi connectivity index (χ0n) is 12.7. The molecule has 0 radical (unpaired) electrons. The molecule has 0 amide bonds. The van der Waals surface area contributed by atoms with Gasteiger partial charge in [-0.1, -0.05) is 12.1 Å². The van der Waals surface area contributed by atoms with Crippen molar-refractivity contribution in [3.05, 3.63) is 56.7 Å². The van der Waals surface area contributed by atoms with Crippen LogP contribution in [-0.4, -0.2) is 29.0 Å². The summed E-state index contributed by atoms with van der Waals surface area (Å²) >= 11 is 3.59. The van der Waals surface area contributed by atoms with E-state index in [4.69, 9.17) is 0 Å². The number of nitrogens with zero attached hydrogens (tertiary/aromatic N) is 3. The topological polar surface area (TPSA) is 71.3 Å². The van der Waals surface area contributed by atoms with Crippen molar-refractivity contribution in [1.82, 2.24) is 4.98 Å². The van der Waals surface area contributed by atoms with Gasteiger partial charge in [0.1, 0.15) is 12.0 Å². The minimum absolute atomic E-state index is 0.0526. The molecule has 0 bridgehead atoms. The molecule has 1 fully saturated rings. The minimum Gasteiger partial charge on any atom is -0.368 e. The van der Waals surface area contributed by atoms with Crippen LogP contribution >= 0.6 is 15.9 Å². The molecule has 3 rings (SSSR count). The molecule has 120 valence electrons. The van der Waals surface area contributed by atoms with Gasteiger partial charge in [0.15, 0.2) is 0 Å². The number of aryl methyl sites for hydroxylation is 1. The Hall–Kier alpha value is -2.15. The summed E-state index contributed by atoms with van der Waals surface area (Å²) in [6.07, 6.45) is 2.32. The number of anilines is 2. The molecule has 23 heavy (non-hydrogen) atoms. The maximum absolute atomic E-state index is 10.8. The number of para-hydroxylation sites is 1. The van der Waals surface area contributed by atoms with Crippen LogP contribution in [0.4, 0.5) is 17.2 Å². The molecule has 1 aliphatic rings. The van der Waals surface area contributed by atoms with Gasteiger partial charge < -0.3 is 10.2 Å². The van der Waals surface area contributed by atoms with Gasteiger partial charge >= 0.3 is 0 Å². The molecule has 0 aliphatic carbocycles. The van der Waals surface area contributed by atoms with E-state index in [9.17, 15) is 10.1 Å². The summed E-state index contributed by atoms with van der Waals surface area (Å²) in [7, 11) is 0. The second-order valence-electron chi connectivity index (χ2n) is 5.64. The Bertz CT molecular complexity index is 738. The van der Waals surface area contributed by atoms with Crippen LogP contribution in [0.5, 0.6) is 0 Å². The van der Waals surface area contributed by atoms with Crippen molar-refractivity contribution in [3.63, 3.8) is 0 Å². The van der Waals surface area contributed by atoms with E-state index in [-0.39, 0.29) is 11.7 Å². The number of benzene rings is 1. The predicted molar refractivity (Wildman–Crippen MR) is 94.0 cm³/mol. The lowest BCUT2D eigenvalue weighted by Crippen LogP contribution is -2.26. The summed E-state index contributed by atoms with van der Waals surface area (Å²) in [5, 5.41) is 14.2. The zero-order valence-corrected chi connectivity index (χ0v) is 14.3. The van der Waals surface area contributed by atoms with E-state index in [1.165, 1.54) is 11.9 Å². The molecule has 1 aromatic heterocycles.